The molecule has 4 rings (SSSR count). The van der Waals surface area contributed by atoms with Crippen LogP contribution in [0.1, 0.15) is 36.8 Å². The highest BCUT2D eigenvalue weighted by Gasteiger charge is 2.39. The second kappa shape index (κ2) is 11.9. The Morgan fingerprint density at radius 3 is 2.31 bits per heavy atom. The van der Waals surface area contributed by atoms with Crippen molar-refractivity contribution in [2.45, 2.75) is 57.7 Å². The zero-order valence-corrected chi connectivity index (χ0v) is 21.2. The molecule has 1 heterocycles. The van der Waals surface area contributed by atoms with Crippen LogP contribution in [0.5, 0.6) is 11.5 Å². The molecule has 2 aliphatic rings. The molecule has 2 fully saturated rings. The van der Waals surface area contributed by atoms with Gasteiger partial charge in [0.15, 0.2) is 11.5 Å². The van der Waals surface area contributed by atoms with Crippen LogP contribution in [0.2, 0.25) is 0 Å². The Balaban J connectivity index is 1.33. The van der Waals surface area contributed by atoms with Crippen LogP contribution in [0.3, 0.4) is 0 Å². The van der Waals surface area contributed by atoms with Gasteiger partial charge in [-0.15, -0.1) is 0 Å². The molecule has 1 saturated carbocycles. The minimum absolute atomic E-state index is 0.0467. The molecule has 2 aromatic rings. The van der Waals surface area contributed by atoms with Crippen molar-refractivity contribution in [3.05, 3.63) is 53.6 Å². The van der Waals surface area contributed by atoms with E-state index in [1.807, 2.05) is 56.3 Å². The van der Waals surface area contributed by atoms with Crippen molar-refractivity contribution in [2.75, 3.05) is 45.2 Å². The summed E-state index contributed by atoms with van der Waals surface area (Å²) >= 11 is 0. The van der Waals surface area contributed by atoms with E-state index >= 15 is 0 Å². The van der Waals surface area contributed by atoms with Crippen LogP contribution >= 0.6 is 0 Å². The molecule has 0 radical (unpaired) electrons. The first-order valence-corrected chi connectivity index (χ1v) is 12.7. The molecule has 3 atom stereocenters. The first-order chi connectivity index (χ1) is 17.0. The molecule has 7 nitrogen and oxygen atoms in total. The van der Waals surface area contributed by atoms with Gasteiger partial charge in [0.1, 0.15) is 12.7 Å². The Morgan fingerprint density at radius 1 is 1.00 bits per heavy atom. The Hall–Kier alpha value is -2.61. The first-order valence-electron chi connectivity index (χ1n) is 12.7. The number of benzene rings is 2. The number of nitrogens with zero attached hydrogens (tertiary/aromatic N) is 2. The number of ether oxygens (including phenoxy) is 2. The van der Waals surface area contributed by atoms with Gasteiger partial charge in [-0.25, -0.2) is 0 Å². The Bertz CT molecular complexity index is 978. The molecule has 1 saturated heterocycles. The minimum atomic E-state index is -0.596. The minimum Gasteiger partial charge on any atom is -0.493 e. The molecule has 35 heavy (non-hydrogen) atoms. The Morgan fingerprint density at radius 2 is 1.63 bits per heavy atom. The number of β-amino-alcohol motifs (C(OH)–C–C–N with tert-alkyl or cyclic N) is 1. The normalized spacial score (nSPS) is 21.7. The molecule has 0 aromatic heterocycles. The van der Waals surface area contributed by atoms with Crippen molar-refractivity contribution < 1.29 is 19.4 Å². The van der Waals surface area contributed by atoms with E-state index in [1.54, 1.807) is 7.11 Å². The van der Waals surface area contributed by atoms with Gasteiger partial charge >= 0.3 is 0 Å². The second-order valence-electron chi connectivity index (χ2n) is 9.82. The molecular formula is C28H39N3O4. The number of nitrogens with one attached hydrogen (secondary N) is 1. The summed E-state index contributed by atoms with van der Waals surface area (Å²) in [6, 6.07) is 14.3. The smallest absolute Gasteiger partial charge is 0.238 e. The van der Waals surface area contributed by atoms with Crippen LogP contribution in [0.4, 0.5) is 5.69 Å². The van der Waals surface area contributed by atoms with E-state index in [1.165, 1.54) is 12.8 Å². The molecule has 190 valence electrons. The number of anilines is 1. The maximum Gasteiger partial charge on any atom is 0.238 e. The Labute approximate surface area is 209 Å². The van der Waals surface area contributed by atoms with Crippen molar-refractivity contribution in [3.63, 3.8) is 0 Å². The van der Waals surface area contributed by atoms with Gasteiger partial charge < -0.3 is 19.9 Å². The average molecular weight is 482 g/mol. The van der Waals surface area contributed by atoms with E-state index in [0.717, 1.165) is 42.7 Å². The molecule has 1 aliphatic heterocycles. The van der Waals surface area contributed by atoms with Gasteiger partial charge in [0.2, 0.25) is 5.91 Å². The molecule has 3 unspecified atom stereocenters. The molecule has 1 aliphatic carbocycles. The van der Waals surface area contributed by atoms with Gasteiger partial charge in [0, 0.05) is 37.4 Å². The predicted octanol–water partition coefficient (Wildman–Crippen LogP) is 3.62. The maximum absolute atomic E-state index is 13.0. The molecule has 2 aromatic carbocycles. The number of aryl methyl sites for hydroxylation is 2. The zero-order chi connectivity index (χ0) is 24.8. The number of methoxy groups -OCH3 is 1. The number of carbonyl (C=O) groups is 1. The van der Waals surface area contributed by atoms with Gasteiger partial charge in [0.25, 0.3) is 0 Å². The van der Waals surface area contributed by atoms with E-state index in [9.17, 15) is 9.90 Å². The lowest BCUT2D eigenvalue weighted by Crippen LogP contribution is -2.62. The molecule has 0 bridgehead atoms. The lowest BCUT2D eigenvalue weighted by atomic mass is 9.86. The highest BCUT2D eigenvalue weighted by molar-refractivity contribution is 5.93. The summed E-state index contributed by atoms with van der Waals surface area (Å²) < 4.78 is 11.2. The van der Waals surface area contributed by atoms with Crippen LogP contribution in [0.15, 0.2) is 42.5 Å². The summed E-state index contributed by atoms with van der Waals surface area (Å²) in [6.45, 7) is 6.91. The van der Waals surface area contributed by atoms with Crippen molar-refractivity contribution in [2.24, 2.45) is 0 Å². The van der Waals surface area contributed by atoms with E-state index in [4.69, 9.17) is 9.47 Å². The maximum atomic E-state index is 13.0. The Kier molecular flexibility index (Phi) is 8.65. The van der Waals surface area contributed by atoms with Crippen LogP contribution in [-0.4, -0.2) is 78.9 Å². The van der Waals surface area contributed by atoms with Gasteiger partial charge in [0.05, 0.1) is 13.7 Å². The van der Waals surface area contributed by atoms with E-state index < -0.39 is 6.10 Å². The fraction of sp³-hybridized carbons (Fsp3) is 0.536. The number of piperazine rings is 1. The highest BCUT2D eigenvalue weighted by Crippen LogP contribution is 2.31. The van der Waals surface area contributed by atoms with Gasteiger partial charge in [-0.3, -0.25) is 14.6 Å². The third-order valence-electron chi connectivity index (χ3n) is 7.34. The second-order valence-corrected chi connectivity index (χ2v) is 9.82. The summed E-state index contributed by atoms with van der Waals surface area (Å²) in [5, 5.41) is 13.9. The number of aliphatic hydroxyl groups is 1. The van der Waals surface area contributed by atoms with Crippen LogP contribution < -0.4 is 14.8 Å². The third kappa shape index (κ3) is 6.34. The number of hydrogen-bond acceptors (Lipinski definition) is 6. The molecule has 7 heteroatoms. The average Bonchev–Trinajstić information content (AvgIpc) is 2.86. The summed E-state index contributed by atoms with van der Waals surface area (Å²) in [5.74, 6) is 1.36. The van der Waals surface area contributed by atoms with Crippen molar-refractivity contribution in [3.8, 4) is 11.5 Å². The van der Waals surface area contributed by atoms with E-state index in [-0.39, 0.29) is 12.5 Å². The number of carbonyl (C=O) groups excluding carboxylic acids is 1. The number of amides is 1. The highest BCUT2D eigenvalue weighted by atomic mass is 16.5. The molecule has 1 amide bonds. The monoisotopic (exact) mass is 481 g/mol. The standard InChI is InChI=1S/C28H39N3O4/c1-20-9-8-10-21(2)28(20)29-27(33)18-31-16-15-30(23-11-4-5-12-24(23)31)17-22(32)19-35-26-14-7-6-13-25(26)34-3/h6-10,13-14,22-24,32H,4-5,11-12,15-19H2,1-3H3,(H,29,33). The largest absolute Gasteiger partial charge is 0.493 e. The van der Waals surface area contributed by atoms with Gasteiger partial charge in [-0.1, -0.05) is 43.2 Å². The van der Waals surface area contributed by atoms with Crippen molar-refractivity contribution >= 4 is 11.6 Å². The summed E-state index contributed by atoms with van der Waals surface area (Å²) in [6.07, 6.45) is 3.96. The SMILES string of the molecule is COc1ccccc1OCC(O)CN1CCN(CC(=O)Nc2c(C)cccc2C)C2CCCCC21. The molecule has 0 spiro atoms. The van der Waals surface area contributed by atoms with Crippen LogP contribution in [0.25, 0.3) is 0 Å². The fourth-order valence-electron chi connectivity index (χ4n) is 5.58. The predicted molar refractivity (Wildman–Crippen MR) is 138 cm³/mol. The molecular weight excluding hydrogens is 442 g/mol. The van der Waals surface area contributed by atoms with Gasteiger partial charge in [-0.2, -0.15) is 0 Å². The number of rotatable bonds is 9. The van der Waals surface area contributed by atoms with E-state index in [2.05, 4.69) is 15.1 Å². The van der Waals surface area contributed by atoms with Gasteiger partial charge in [-0.05, 0) is 49.9 Å². The fourth-order valence-corrected chi connectivity index (χ4v) is 5.58. The number of fused-ring (bicyclic) bond motifs is 1. The summed E-state index contributed by atoms with van der Waals surface area (Å²) in [4.78, 5) is 17.7. The zero-order valence-electron chi connectivity index (χ0n) is 21.2. The number of aliphatic hydroxyl groups excluding tert-OH is 1. The number of para-hydroxylation sites is 3. The summed E-state index contributed by atoms with van der Waals surface area (Å²) in [5.41, 5.74) is 3.10. The number of hydrogen-bond donors (Lipinski definition) is 2. The van der Waals surface area contributed by atoms with Crippen LogP contribution in [-0.2, 0) is 4.79 Å². The topological polar surface area (TPSA) is 74.3 Å². The lowest BCUT2D eigenvalue weighted by molar-refractivity contribution is -0.120. The first kappa shape index (κ1) is 25.5. The summed E-state index contributed by atoms with van der Waals surface area (Å²) in [7, 11) is 1.61. The van der Waals surface area contributed by atoms with Crippen molar-refractivity contribution in [1.29, 1.82) is 0 Å². The quantitative estimate of drug-likeness (QED) is 0.570. The van der Waals surface area contributed by atoms with E-state index in [0.29, 0.717) is 36.7 Å². The van der Waals surface area contributed by atoms with Crippen molar-refractivity contribution in [1.82, 2.24) is 9.80 Å². The lowest BCUT2D eigenvalue weighted by Gasteiger charge is -2.50. The molecule has 2 N–H and O–H groups in total. The third-order valence-corrected chi connectivity index (χ3v) is 7.34. The van der Waals surface area contributed by atoms with Crippen LogP contribution in [0, 0.1) is 13.8 Å².